The van der Waals surface area contributed by atoms with Gasteiger partial charge in [-0.2, -0.15) is 0 Å². The standard InChI is InChI=1S/C43H68O12/c1-42(2,3)38-14-10-36(11-15-38)34-52-28-26-48-20-18-46-22-24-50-30-32-54-40(44)8-7-9-41(45)55-33-31-51-25-23-47-19-21-49-27-29-53-35-37-12-16-39(17-13-37)43(4,5)6/h10-17H,7-9,18-35H2,1-6H3. The number of ether oxygens (including phenoxy) is 10. The summed E-state index contributed by atoms with van der Waals surface area (Å²) in [5.41, 5.74) is 5.19. The lowest BCUT2D eigenvalue weighted by Gasteiger charge is -2.19. The number of hydrogen-bond acceptors (Lipinski definition) is 12. The highest BCUT2D eigenvalue weighted by Crippen LogP contribution is 2.23. The molecule has 0 atom stereocenters. The van der Waals surface area contributed by atoms with Crippen LogP contribution in [0, 0.1) is 0 Å². The summed E-state index contributed by atoms with van der Waals surface area (Å²) in [6, 6.07) is 17.0. The quantitative estimate of drug-likeness (QED) is 0.0606. The topological polar surface area (TPSA) is 126 Å². The predicted molar refractivity (Wildman–Crippen MR) is 210 cm³/mol. The second-order valence-electron chi connectivity index (χ2n) is 15.0. The summed E-state index contributed by atoms with van der Waals surface area (Å²) in [4.78, 5) is 23.8. The van der Waals surface area contributed by atoms with Crippen LogP contribution in [0.15, 0.2) is 48.5 Å². The van der Waals surface area contributed by atoms with Gasteiger partial charge < -0.3 is 47.4 Å². The Bertz CT molecular complexity index is 1150. The molecule has 0 N–H and O–H groups in total. The van der Waals surface area contributed by atoms with Crippen LogP contribution in [0.1, 0.15) is 83.1 Å². The first-order valence-corrected chi connectivity index (χ1v) is 19.6. The van der Waals surface area contributed by atoms with Crippen molar-refractivity contribution < 1.29 is 57.0 Å². The van der Waals surface area contributed by atoms with Crippen LogP contribution in [0.4, 0.5) is 0 Å². The lowest BCUT2D eigenvalue weighted by atomic mass is 9.87. The fraction of sp³-hybridized carbons (Fsp3) is 0.674. The van der Waals surface area contributed by atoms with E-state index in [-0.39, 0.29) is 62.0 Å². The maximum atomic E-state index is 11.9. The van der Waals surface area contributed by atoms with Gasteiger partial charge in [-0.1, -0.05) is 90.1 Å². The van der Waals surface area contributed by atoms with Crippen LogP contribution in [0.2, 0.25) is 0 Å². The van der Waals surface area contributed by atoms with Crippen LogP contribution in [-0.4, -0.2) is 118 Å². The van der Waals surface area contributed by atoms with Gasteiger partial charge in [0.2, 0.25) is 0 Å². The third-order valence-electron chi connectivity index (χ3n) is 8.15. The van der Waals surface area contributed by atoms with E-state index in [2.05, 4.69) is 90.1 Å². The smallest absolute Gasteiger partial charge is 0.305 e. The van der Waals surface area contributed by atoms with Crippen LogP contribution in [0.5, 0.6) is 0 Å². The summed E-state index contributed by atoms with van der Waals surface area (Å²) in [5, 5.41) is 0. The Morgan fingerprint density at radius 2 is 0.636 bits per heavy atom. The second kappa shape index (κ2) is 29.3. The molecule has 0 aliphatic rings. The molecule has 0 bridgehead atoms. The van der Waals surface area contributed by atoms with Gasteiger partial charge >= 0.3 is 11.9 Å². The Labute approximate surface area is 329 Å². The first kappa shape index (κ1) is 48.2. The van der Waals surface area contributed by atoms with Gasteiger partial charge in [0.1, 0.15) is 13.2 Å². The molecule has 0 saturated carbocycles. The fourth-order valence-corrected chi connectivity index (χ4v) is 4.85. The highest BCUT2D eigenvalue weighted by atomic mass is 16.6. The molecule has 2 aromatic rings. The zero-order valence-corrected chi connectivity index (χ0v) is 34.4. The molecule has 2 rings (SSSR count). The Kier molecular flexibility index (Phi) is 25.7. The lowest BCUT2D eigenvalue weighted by molar-refractivity contribution is -0.147. The summed E-state index contributed by atoms with van der Waals surface area (Å²) in [6.45, 7) is 20.7. The van der Waals surface area contributed by atoms with E-state index in [0.717, 1.165) is 11.1 Å². The maximum Gasteiger partial charge on any atom is 0.305 e. The van der Waals surface area contributed by atoms with Gasteiger partial charge in [0.25, 0.3) is 0 Å². The minimum atomic E-state index is -0.382. The molecule has 0 saturated heterocycles. The van der Waals surface area contributed by atoms with E-state index in [1.165, 1.54) is 11.1 Å². The van der Waals surface area contributed by atoms with Gasteiger partial charge in [-0.05, 0) is 39.5 Å². The summed E-state index contributed by atoms with van der Waals surface area (Å²) in [7, 11) is 0. The summed E-state index contributed by atoms with van der Waals surface area (Å²) >= 11 is 0. The van der Waals surface area contributed by atoms with Crippen LogP contribution in [0.3, 0.4) is 0 Å². The summed E-state index contributed by atoms with van der Waals surface area (Å²) in [5.74, 6) is -0.765. The molecular formula is C43H68O12. The number of rotatable bonds is 32. The van der Waals surface area contributed by atoms with Crippen LogP contribution in [0.25, 0.3) is 0 Å². The molecule has 55 heavy (non-hydrogen) atoms. The van der Waals surface area contributed by atoms with Gasteiger partial charge in [0, 0.05) is 12.8 Å². The van der Waals surface area contributed by atoms with Crippen molar-refractivity contribution in [2.75, 3.05) is 106 Å². The van der Waals surface area contributed by atoms with Gasteiger partial charge in [0.15, 0.2) is 0 Å². The molecule has 12 heteroatoms. The summed E-state index contributed by atoms with van der Waals surface area (Å²) in [6.07, 6.45) is 0.607. The van der Waals surface area contributed by atoms with Crippen LogP contribution < -0.4 is 0 Å². The molecule has 0 amide bonds. The number of hydrogen-bond donors (Lipinski definition) is 0. The number of carbonyl (C=O) groups excluding carboxylic acids is 2. The average molecular weight is 777 g/mol. The average Bonchev–Trinajstić information content (AvgIpc) is 3.14. The molecule has 0 fully saturated rings. The van der Waals surface area contributed by atoms with Crippen molar-refractivity contribution in [3.63, 3.8) is 0 Å². The Morgan fingerprint density at radius 1 is 0.382 bits per heavy atom. The number of benzene rings is 2. The normalized spacial score (nSPS) is 11.9. The van der Waals surface area contributed by atoms with Crippen molar-refractivity contribution in [2.24, 2.45) is 0 Å². The summed E-state index contributed by atoms with van der Waals surface area (Å²) < 4.78 is 54.5. The molecule has 0 aliphatic heterocycles. The van der Waals surface area contributed by atoms with E-state index >= 15 is 0 Å². The van der Waals surface area contributed by atoms with E-state index in [0.29, 0.717) is 98.9 Å². The first-order chi connectivity index (χ1) is 26.4. The molecule has 0 aliphatic carbocycles. The van der Waals surface area contributed by atoms with Crippen molar-refractivity contribution in [3.05, 3.63) is 70.8 Å². The van der Waals surface area contributed by atoms with Crippen molar-refractivity contribution in [3.8, 4) is 0 Å². The van der Waals surface area contributed by atoms with Crippen molar-refractivity contribution in [1.29, 1.82) is 0 Å². The monoisotopic (exact) mass is 776 g/mol. The van der Waals surface area contributed by atoms with Gasteiger partial charge in [-0.3, -0.25) is 9.59 Å². The Balaban J connectivity index is 1.25. The Morgan fingerprint density at radius 3 is 0.909 bits per heavy atom. The van der Waals surface area contributed by atoms with Crippen LogP contribution in [-0.2, 0) is 81.0 Å². The molecule has 2 aromatic carbocycles. The van der Waals surface area contributed by atoms with E-state index in [9.17, 15) is 9.59 Å². The van der Waals surface area contributed by atoms with E-state index in [1.54, 1.807) is 0 Å². The molecule has 0 unspecified atom stereocenters. The molecule has 312 valence electrons. The van der Waals surface area contributed by atoms with E-state index in [1.807, 2.05) is 0 Å². The molecule has 0 aromatic heterocycles. The SMILES string of the molecule is CC(C)(C)c1ccc(COCCOCCOCCOCCOC(=O)CCCC(=O)OCCOCCOCCOCCOCc2ccc(C(C)(C)C)cc2)cc1. The third kappa shape index (κ3) is 25.8. The molecule has 12 nitrogen and oxygen atoms in total. The second-order valence-corrected chi connectivity index (χ2v) is 15.0. The number of carbonyl (C=O) groups is 2. The van der Waals surface area contributed by atoms with Crippen molar-refractivity contribution in [2.45, 2.75) is 84.8 Å². The lowest BCUT2D eigenvalue weighted by Crippen LogP contribution is -2.15. The molecule has 0 heterocycles. The minimum absolute atomic E-state index is 0.130. The first-order valence-electron chi connectivity index (χ1n) is 19.6. The predicted octanol–water partition coefficient (Wildman–Crippen LogP) is 6.37. The van der Waals surface area contributed by atoms with E-state index in [4.69, 9.17) is 47.4 Å². The molecule has 0 radical (unpaired) electrons. The highest BCUT2D eigenvalue weighted by Gasteiger charge is 2.14. The zero-order chi connectivity index (χ0) is 40.0. The molecular weight excluding hydrogens is 708 g/mol. The van der Waals surface area contributed by atoms with Crippen molar-refractivity contribution in [1.82, 2.24) is 0 Å². The largest absolute Gasteiger partial charge is 0.463 e. The van der Waals surface area contributed by atoms with Gasteiger partial charge in [0.05, 0.1) is 106 Å². The maximum absolute atomic E-state index is 11.9. The minimum Gasteiger partial charge on any atom is -0.463 e. The highest BCUT2D eigenvalue weighted by molar-refractivity contribution is 5.72. The number of esters is 2. The Hall–Kier alpha value is -2.94. The molecule has 0 spiro atoms. The van der Waals surface area contributed by atoms with Gasteiger partial charge in [-0.15, -0.1) is 0 Å². The van der Waals surface area contributed by atoms with Crippen LogP contribution >= 0.6 is 0 Å². The van der Waals surface area contributed by atoms with Crippen molar-refractivity contribution >= 4 is 11.9 Å². The van der Waals surface area contributed by atoms with Gasteiger partial charge in [-0.25, -0.2) is 0 Å². The zero-order valence-electron chi connectivity index (χ0n) is 34.4. The fourth-order valence-electron chi connectivity index (χ4n) is 4.85. The third-order valence-corrected chi connectivity index (χ3v) is 8.15. The van der Waals surface area contributed by atoms with E-state index < -0.39 is 0 Å².